The average Bonchev–Trinajstić information content (AvgIpc) is 3.27. The third-order valence-electron chi connectivity index (χ3n) is 4.57. The summed E-state index contributed by atoms with van der Waals surface area (Å²) in [6.07, 6.45) is 1.97. The predicted octanol–water partition coefficient (Wildman–Crippen LogP) is 0.396. The summed E-state index contributed by atoms with van der Waals surface area (Å²) in [6, 6.07) is 5.22. The molecule has 1 saturated heterocycles. The van der Waals surface area contributed by atoms with Gasteiger partial charge >= 0.3 is 0 Å². The summed E-state index contributed by atoms with van der Waals surface area (Å²) >= 11 is 0. The molecule has 1 atom stereocenters. The van der Waals surface area contributed by atoms with E-state index in [-0.39, 0.29) is 35.4 Å². The van der Waals surface area contributed by atoms with Gasteiger partial charge in [0.2, 0.25) is 10.0 Å². The van der Waals surface area contributed by atoms with E-state index in [4.69, 9.17) is 4.52 Å². The van der Waals surface area contributed by atoms with Crippen molar-refractivity contribution in [2.24, 2.45) is 4.99 Å². The fourth-order valence-corrected chi connectivity index (χ4v) is 5.15. The zero-order valence-corrected chi connectivity index (χ0v) is 15.1. The molecular weight excluding hydrogens is 358 g/mol. The molecule has 10 heteroatoms. The van der Waals surface area contributed by atoms with Gasteiger partial charge < -0.3 is 9.84 Å². The van der Waals surface area contributed by atoms with Crippen LogP contribution in [0.15, 0.2) is 38.8 Å². The molecule has 0 radical (unpaired) electrons. The molecule has 0 aromatic carbocycles. The van der Waals surface area contributed by atoms with Crippen molar-refractivity contribution < 1.29 is 17.7 Å². The van der Waals surface area contributed by atoms with Gasteiger partial charge in [-0.15, -0.1) is 0 Å². The number of hydrogen-bond donors (Lipinski definition) is 1. The van der Waals surface area contributed by atoms with Crippen molar-refractivity contribution in [2.45, 2.75) is 30.8 Å². The van der Waals surface area contributed by atoms with Crippen molar-refractivity contribution in [3.8, 4) is 0 Å². The number of amides is 1. The molecular formula is C16H17N5O4S. The summed E-state index contributed by atoms with van der Waals surface area (Å²) < 4.78 is 32.2. The summed E-state index contributed by atoms with van der Waals surface area (Å²) in [6.45, 7) is 3.45. The van der Waals surface area contributed by atoms with E-state index >= 15 is 0 Å². The highest BCUT2D eigenvalue weighted by atomic mass is 32.2. The molecule has 136 valence electrons. The second-order valence-corrected chi connectivity index (χ2v) is 8.28. The zero-order chi connectivity index (χ0) is 18.5. The first kappa shape index (κ1) is 16.9. The number of aryl methyl sites for hydroxylation is 2. The van der Waals surface area contributed by atoms with Crippen molar-refractivity contribution in [2.75, 3.05) is 13.1 Å². The monoisotopic (exact) mass is 375 g/mol. The largest absolute Gasteiger partial charge is 0.360 e. The average molecular weight is 375 g/mol. The molecule has 2 aliphatic heterocycles. The van der Waals surface area contributed by atoms with Gasteiger partial charge in [-0.05, 0) is 26.0 Å². The number of pyridine rings is 1. The Kier molecular flexibility index (Phi) is 3.70. The molecule has 2 aliphatic rings. The molecule has 0 saturated carbocycles. The number of carbonyl (C=O) groups is 1. The quantitative estimate of drug-likeness (QED) is 0.829. The van der Waals surface area contributed by atoms with E-state index in [9.17, 15) is 13.2 Å². The van der Waals surface area contributed by atoms with Crippen LogP contribution in [0.5, 0.6) is 0 Å². The van der Waals surface area contributed by atoms with Crippen molar-refractivity contribution in [1.82, 2.24) is 19.8 Å². The van der Waals surface area contributed by atoms with E-state index < -0.39 is 15.7 Å². The number of aliphatic imine (C=N–C) groups is 1. The fourth-order valence-electron chi connectivity index (χ4n) is 3.37. The van der Waals surface area contributed by atoms with Gasteiger partial charge in [0.25, 0.3) is 5.91 Å². The van der Waals surface area contributed by atoms with Crippen molar-refractivity contribution in [1.29, 1.82) is 0 Å². The number of nitrogens with one attached hydrogen (secondary N) is 1. The number of hydrogen-bond acceptors (Lipinski definition) is 7. The molecule has 4 rings (SSSR count). The Morgan fingerprint density at radius 3 is 2.77 bits per heavy atom. The van der Waals surface area contributed by atoms with Crippen LogP contribution < -0.4 is 5.32 Å². The van der Waals surface area contributed by atoms with E-state index in [0.717, 1.165) is 0 Å². The van der Waals surface area contributed by atoms with Crippen molar-refractivity contribution in [3.05, 3.63) is 41.5 Å². The normalized spacial score (nSPS) is 23.5. The van der Waals surface area contributed by atoms with Gasteiger partial charge in [0.1, 0.15) is 16.3 Å². The Labute approximate surface area is 150 Å². The molecule has 0 aliphatic carbocycles. The van der Waals surface area contributed by atoms with E-state index in [1.54, 1.807) is 38.2 Å². The Hall–Kier alpha value is -2.59. The van der Waals surface area contributed by atoms with Crippen LogP contribution in [0, 0.1) is 13.8 Å². The minimum Gasteiger partial charge on any atom is -0.360 e. The lowest BCUT2D eigenvalue weighted by Crippen LogP contribution is -2.45. The van der Waals surface area contributed by atoms with Gasteiger partial charge in [-0.1, -0.05) is 11.2 Å². The molecule has 9 nitrogen and oxygen atoms in total. The smallest absolute Gasteiger partial charge is 0.273 e. The van der Waals surface area contributed by atoms with Crippen LogP contribution in [-0.4, -0.2) is 53.2 Å². The Bertz CT molecular complexity index is 995. The maximum Gasteiger partial charge on any atom is 0.273 e. The molecule has 2 aromatic rings. The van der Waals surface area contributed by atoms with Gasteiger partial charge in [0, 0.05) is 19.2 Å². The van der Waals surface area contributed by atoms with Crippen LogP contribution >= 0.6 is 0 Å². The predicted molar refractivity (Wildman–Crippen MR) is 91.0 cm³/mol. The summed E-state index contributed by atoms with van der Waals surface area (Å²) in [5, 5.41) is 6.55. The minimum absolute atomic E-state index is 0.0570. The number of sulfonamides is 1. The molecule has 1 fully saturated rings. The third-order valence-corrected chi connectivity index (χ3v) is 6.66. The summed E-state index contributed by atoms with van der Waals surface area (Å²) in [7, 11) is -3.78. The number of aromatic nitrogens is 2. The molecule has 1 amide bonds. The fraction of sp³-hybridized carbons (Fsp3) is 0.375. The molecule has 0 bridgehead atoms. The van der Waals surface area contributed by atoms with Crippen LogP contribution in [0.1, 0.15) is 23.6 Å². The van der Waals surface area contributed by atoms with Crippen LogP contribution in [0.2, 0.25) is 0 Å². The van der Waals surface area contributed by atoms with E-state index in [1.165, 1.54) is 4.31 Å². The number of rotatable bonds is 3. The van der Waals surface area contributed by atoms with Gasteiger partial charge in [-0.3, -0.25) is 9.78 Å². The van der Waals surface area contributed by atoms with Gasteiger partial charge in [-0.2, -0.15) is 4.31 Å². The SMILES string of the molecule is Cc1noc(C)c1S(=O)(=O)N1CCC2(C1)N=C(c1ccccn1)C(=O)N2. The van der Waals surface area contributed by atoms with Crippen LogP contribution in [0.4, 0.5) is 0 Å². The lowest BCUT2D eigenvalue weighted by Gasteiger charge is -2.21. The first-order valence-electron chi connectivity index (χ1n) is 8.09. The lowest BCUT2D eigenvalue weighted by molar-refractivity contribution is -0.115. The van der Waals surface area contributed by atoms with Crippen LogP contribution in [0.3, 0.4) is 0 Å². The summed E-state index contributed by atoms with van der Waals surface area (Å²) in [5.41, 5.74) is 0.0448. The zero-order valence-electron chi connectivity index (χ0n) is 14.3. The molecule has 1 N–H and O–H groups in total. The van der Waals surface area contributed by atoms with Gasteiger partial charge in [0.05, 0.1) is 12.2 Å². The highest BCUT2D eigenvalue weighted by Gasteiger charge is 2.49. The molecule has 2 aromatic heterocycles. The molecule has 1 unspecified atom stereocenters. The Morgan fingerprint density at radius 1 is 1.31 bits per heavy atom. The summed E-state index contributed by atoms with van der Waals surface area (Å²) in [4.78, 5) is 21.1. The second-order valence-electron chi connectivity index (χ2n) is 6.40. The van der Waals surface area contributed by atoms with E-state index in [1.807, 2.05) is 0 Å². The Balaban J connectivity index is 1.65. The molecule has 26 heavy (non-hydrogen) atoms. The highest BCUT2D eigenvalue weighted by Crippen LogP contribution is 2.33. The Morgan fingerprint density at radius 2 is 2.12 bits per heavy atom. The molecule has 1 spiro atoms. The second kappa shape index (κ2) is 5.71. The van der Waals surface area contributed by atoms with Gasteiger partial charge in [0.15, 0.2) is 11.5 Å². The van der Waals surface area contributed by atoms with Crippen molar-refractivity contribution >= 4 is 21.6 Å². The molecule has 4 heterocycles. The first-order valence-corrected chi connectivity index (χ1v) is 9.53. The number of carbonyl (C=O) groups excluding carboxylic acids is 1. The minimum atomic E-state index is -3.78. The summed E-state index contributed by atoms with van der Waals surface area (Å²) in [5.74, 6) is -0.100. The lowest BCUT2D eigenvalue weighted by atomic mass is 10.1. The van der Waals surface area contributed by atoms with E-state index in [2.05, 4.69) is 20.4 Å². The van der Waals surface area contributed by atoms with E-state index in [0.29, 0.717) is 17.8 Å². The van der Waals surface area contributed by atoms with Crippen LogP contribution in [0.25, 0.3) is 0 Å². The standard InChI is InChI=1S/C16H17N5O4S/c1-10-14(11(2)25-20-10)26(23,24)21-8-6-16(9-21)18-13(15(22)19-16)12-5-3-4-7-17-12/h3-5,7H,6,8-9H2,1-2H3,(H,19,22). The third kappa shape index (κ3) is 2.53. The van der Waals surface area contributed by atoms with Gasteiger partial charge in [-0.25, -0.2) is 13.4 Å². The van der Waals surface area contributed by atoms with Crippen molar-refractivity contribution in [3.63, 3.8) is 0 Å². The van der Waals surface area contributed by atoms with Crippen LogP contribution in [-0.2, 0) is 14.8 Å². The topological polar surface area (TPSA) is 118 Å². The maximum atomic E-state index is 13.0. The maximum absolute atomic E-state index is 13.0. The first-order chi connectivity index (χ1) is 12.3. The highest BCUT2D eigenvalue weighted by molar-refractivity contribution is 7.89. The number of nitrogens with zero attached hydrogens (tertiary/aromatic N) is 4.